The number of para-hydroxylation sites is 2. The first-order valence-electron chi connectivity index (χ1n) is 7.81. The third kappa shape index (κ3) is 2.05. The summed E-state index contributed by atoms with van der Waals surface area (Å²) >= 11 is 0. The van der Waals surface area contributed by atoms with Crippen molar-refractivity contribution in [2.24, 2.45) is 7.05 Å². The third-order valence-corrected chi connectivity index (χ3v) is 4.71. The smallest absolute Gasteiger partial charge is 0.233 e. The lowest BCUT2D eigenvalue weighted by Gasteiger charge is -2.14. The van der Waals surface area contributed by atoms with Crippen LogP contribution >= 0.6 is 0 Å². The van der Waals surface area contributed by atoms with Gasteiger partial charge < -0.3 is 4.57 Å². The van der Waals surface area contributed by atoms with E-state index in [1.54, 1.807) is 4.90 Å². The number of amides is 1. The van der Waals surface area contributed by atoms with Gasteiger partial charge >= 0.3 is 0 Å². The fourth-order valence-corrected chi connectivity index (χ4v) is 3.35. The van der Waals surface area contributed by atoms with Crippen LogP contribution in [0.25, 0.3) is 11.0 Å². The summed E-state index contributed by atoms with van der Waals surface area (Å²) in [4.78, 5) is 19.2. The van der Waals surface area contributed by atoms with Gasteiger partial charge in [-0.2, -0.15) is 5.10 Å². The fraction of sp³-hybridized carbons (Fsp3) is 0.353. The number of hydrogen-bond acceptors (Lipinski definition) is 3. The van der Waals surface area contributed by atoms with E-state index < -0.39 is 0 Å². The Morgan fingerprint density at radius 1 is 1.22 bits per heavy atom. The minimum Gasteiger partial charge on any atom is -0.308 e. The van der Waals surface area contributed by atoms with E-state index in [1.807, 2.05) is 43.8 Å². The van der Waals surface area contributed by atoms with Gasteiger partial charge in [0, 0.05) is 31.4 Å². The number of rotatable bonds is 2. The molecule has 1 aliphatic rings. The van der Waals surface area contributed by atoms with Crippen molar-refractivity contribution >= 4 is 22.9 Å². The molecule has 6 heteroatoms. The molecule has 6 nitrogen and oxygen atoms in total. The van der Waals surface area contributed by atoms with E-state index in [1.165, 1.54) is 0 Å². The van der Waals surface area contributed by atoms with Crippen molar-refractivity contribution in [1.29, 1.82) is 0 Å². The lowest BCUT2D eigenvalue weighted by Crippen LogP contribution is -2.31. The molecular formula is C17H19N5O. The van der Waals surface area contributed by atoms with E-state index >= 15 is 0 Å². The molecule has 0 fully saturated rings. The molecule has 0 saturated carbocycles. The molecule has 1 aromatic carbocycles. The number of carbonyl (C=O) groups excluding carboxylic acids is 1. The summed E-state index contributed by atoms with van der Waals surface area (Å²) in [7, 11) is 1.91. The van der Waals surface area contributed by atoms with Crippen LogP contribution in [-0.2, 0) is 24.8 Å². The Bertz CT molecular complexity index is 921. The van der Waals surface area contributed by atoms with Crippen LogP contribution in [0.1, 0.15) is 17.0 Å². The number of nitrogens with zero attached hydrogens (tertiary/aromatic N) is 5. The predicted octanol–water partition coefficient (Wildman–Crippen LogP) is 1.98. The van der Waals surface area contributed by atoms with Gasteiger partial charge in [0.15, 0.2) is 0 Å². The second-order valence-corrected chi connectivity index (χ2v) is 6.05. The number of benzene rings is 1. The van der Waals surface area contributed by atoms with Gasteiger partial charge in [0.2, 0.25) is 11.9 Å². The van der Waals surface area contributed by atoms with Gasteiger partial charge in [0.05, 0.1) is 23.1 Å². The van der Waals surface area contributed by atoms with Crippen molar-refractivity contribution in [3.8, 4) is 0 Å². The molecule has 0 aliphatic carbocycles. The Labute approximate surface area is 134 Å². The number of aromatic nitrogens is 4. The normalized spacial score (nSPS) is 13.8. The van der Waals surface area contributed by atoms with E-state index in [2.05, 4.69) is 20.7 Å². The van der Waals surface area contributed by atoms with Crippen LogP contribution in [0, 0.1) is 13.8 Å². The van der Waals surface area contributed by atoms with E-state index in [0.717, 1.165) is 40.5 Å². The van der Waals surface area contributed by atoms with E-state index in [9.17, 15) is 4.79 Å². The first kappa shape index (κ1) is 14.0. The van der Waals surface area contributed by atoms with Crippen molar-refractivity contribution in [2.75, 3.05) is 11.4 Å². The number of imidazole rings is 1. The van der Waals surface area contributed by atoms with Crippen molar-refractivity contribution in [1.82, 2.24) is 19.3 Å². The Kier molecular flexibility index (Phi) is 3.01. The van der Waals surface area contributed by atoms with Crippen molar-refractivity contribution in [2.45, 2.75) is 26.8 Å². The van der Waals surface area contributed by atoms with Gasteiger partial charge in [0.1, 0.15) is 0 Å². The number of aryl methyl sites for hydroxylation is 2. The van der Waals surface area contributed by atoms with Crippen LogP contribution in [0.2, 0.25) is 0 Å². The molecular weight excluding hydrogens is 290 g/mol. The number of anilines is 1. The average Bonchev–Trinajstić information content (AvgIpc) is 3.16. The maximum absolute atomic E-state index is 12.8. The van der Waals surface area contributed by atoms with Gasteiger partial charge in [-0.15, -0.1) is 0 Å². The number of hydrogen-bond donors (Lipinski definition) is 0. The molecule has 3 heterocycles. The Hall–Kier alpha value is -2.63. The standard InChI is InChI=1S/C17H19N5O/c1-11-13(12(2)20(3)19-11)10-16(23)22-9-8-21-15-7-5-4-6-14(15)18-17(21)22/h4-7H,8-10H2,1-3H3. The SMILES string of the molecule is Cc1nn(C)c(C)c1CC(=O)N1CCn2c1nc1ccccc12. The summed E-state index contributed by atoms with van der Waals surface area (Å²) < 4.78 is 3.95. The van der Waals surface area contributed by atoms with Crippen LogP contribution in [0.4, 0.5) is 5.95 Å². The Morgan fingerprint density at radius 2 is 2.00 bits per heavy atom. The summed E-state index contributed by atoms with van der Waals surface area (Å²) in [6.07, 6.45) is 0.370. The molecule has 1 amide bonds. The van der Waals surface area contributed by atoms with E-state index in [4.69, 9.17) is 0 Å². The zero-order valence-corrected chi connectivity index (χ0v) is 13.6. The van der Waals surface area contributed by atoms with Gasteiger partial charge in [-0.25, -0.2) is 4.98 Å². The molecule has 4 rings (SSSR count). The molecule has 118 valence electrons. The summed E-state index contributed by atoms with van der Waals surface area (Å²) in [6.45, 7) is 5.44. The maximum atomic E-state index is 12.8. The van der Waals surface area contributed by atoms with Gasteiger partial charge in [-0.05, 0) is 26.0 Å². The maximum Gasteiger partial charge on any atom is 0.233 e. The van der Waals surface area contributed by atoms with Crippen LogP contribution in [0.15, 0.2) is 24.3 Å². The third-order valence-electron chi connectivity index (χ3n) is 4.71. The highest BCUT2D eigenvalue weighted by Gasteiger charge is 2.29. The predicted molar refractivity (Wildman–Crippen MR) is 88.5 cm³/mol. The zero-order valence-electron chi connectivity index (χ0n) is 13.6. The topological polar surface area (TPSA) is 56.0 Å². The molecule has 0 bridgehead atoms. The van der Waals surface area contributed by atoms with Crippen LogP contribution in [-0.4, -0.2) is 31.8 Å². The highest BCUT2D eigenvalue weighted by atomic mass is 16.2. The second kappa shape index (κ2) is 4.94. The largest absolute Gasteiger partial charge is 0.308 e. The summed E-state index contributed by atoms with van der Waals surface area (Å²) in [5.74, 6) is 0.841. The van der Waals surface area contributed by atoms with Crippen LogP contribution in [0.5, 0.6) is 0 Å². The van der Waals surface area contributed by atoms with Gasteiger partial charge in [-0.1, -0.05) is 12.1 Å². The highest BCUT2D eigenvalue weighted by molar-refractivity contribution is 5.96. The molecule has 0 N–H and O–H groups in total. The summed E-state index contributed by atoms with van der Waals surface area (Å²) in [5.41, 5.74) is 5.02. The first-order chi connectivity index (χ1) is 11.1. The average molecular weight is 309 g/mol. The Balaban J connectivity index is 1.67. The summed E-state index contributed by atoms with van der Waals surface area (Å²) in [6, 6.07) is 8.01. The fourth-order valence-electron chi connectivity index (χ4n) is 3.35. The minimum atomic E-state index is 0.0817. The molecule has 0 saturated heterocycles. The second-order valence-electron chi connectivity index (χ2n) is 6.05. The molecule has 2 aromatic heterocycles. The molecule has 1 aliphatic heterocycles. The summed E-state index contributed by atoms with van der Waals surface area (Å²) in [5, 5.41) is 4.39. The lowest BCUT2D eigenvalue weighted by atomic mass is 10.1. The van der Waals surface area contributed by atoms with Gasteiger partial charge in [-0.3, -0.25) is 14.4 Å². The Morgan fingerprint density at radius 3 is 2.74 bits per heavy atom. The van der Waals surface area contributed by atoms with E-state index in [-0.39, 0.29) is 5.91 Å². The highest BCUT2D eigenvalue weighted by Crippen LogP contribution is 2.28. The monoisotopic (exact) mass is 309 g/mol. The number of fused-ring (bicyclic) bond motifs is 3. The van der Waals surface area contributed by atoms with E-state index in [0.29, 0.717) is 13.0 Å². The molecule has 0 unspecified atom stereocenters. The van der Waals surface area contributed by atoms with Gasteiger partial charge in [0.25, 0.3) is 0 Å². The number of carbonyl (C=O) groups is 1. The molecule has 0 radical (unpaired) electrons. The minimum absolute atomic E-state index is 0.0817. The molecule has 0 spiro atoms. The molecule has 23 heavy (non-hydrogen) atoms. The van der Waals surface area contributed by atoms with Crippen molar-refractivity contribution in [3.05, 3.63) is 41.2 Å². The molecule has 3 aromatic rings. The van der Waals surface area contributed by atoms with Crippen molar-refractivity contribution < 1.29 is 4.79 Å². The lowest BCUT2D eigenvalue weighted by molar-refractivity contribution is -0.117. The van der Waals surface area contributed by atoms with Crippen LogP contribution in [0.3, 0.4) is 0 Å². The molecule has 0 atom stereocenters. The van der Waals surface area contributed by atoms with Crippen molar-refractivity contribution in [3.63, 3.8) is 0 Å². The first-order valence-corrected chi connectivity index (χ1v) is 7.81. The zero-order chi connectivity index (χ0) is 16.1. The van der Waals surface area contributed by atoms with Crippen LogP contribution < -0.4 is 4.90 Å². The quantitative estimate of drug-likeness (QED) is 0.727.